The van der Waals surface area contributed by atoms with Crippen LogP contribution in [0.2, 0.25) is 0 Å². The Bertz CT molecular complexity index is 511. The minimum absolute atomic E-state index is 0.116. The molecule has 2 rings (SSSR count). The van der Waals surface area contributed by atoms with Crippen LogP contribution in [0.15, 0.2) is 36.5 Å². The zero-order valence-corrected chi connectivity index (χ0v) is 8.68. The van der Waals surface area contributed by atoms with Crippen molar-refractivity contribution >= 4 is 22.6 Å². The summed E-state index contributed by atoms with van der Waals surface area (Å²) in [6.07, 6.45) is 1.87. The van der Waals surface area contributed by atoms with Gasteiger partial charge in [0, 0.05) is 23.8 Å². The van der Waals surface area contributed by atoms with Gasteiger partial charge in [0.1, 0.15) is 0 Å². The van der Waals surface area contributed by atoms with Crippen molar-refractivity contribution in [1.29, 1.82) is 0 Å². The number of aliphatic carboxylic acids is 1. The number of carbonyl (C=O) groups is 1. The lowest BCUT2D eigenvalue weighted by atomic mass is 10.2. The molecule has 0 aliphatic heterocycles. The maximum absolute atomic E-state index is 10.4. The predicted molar refractivity (Wildman–Crippen MR) is 62.5 cm³/mol. The minimum atomic E-state index is -0.796. The van der Waals surface area contributed by atoms with Gasteiger partial charge in [0.15, 0.2) is 0 Å². The van der Waals surface area contributed by atoms with Crippen molar-refractivity contribution in [3.05, 3.63) is 36.5 Å². The van der Waals surface area contributed by atoms with Crippen molar-refractivity contribution in [3.63, 3.8) is 0 Å². The van der Waals surface area contributed by atoms with Crippen LogP contribution in [-0.4, -0.2) is 22.6 Å². The Morgan fingerprint density at radius 3 is 3.06 bits per heavy atom. The number of rotatable bonds is 4. The van der Waals surface area contributed by atoms with Gasteiger partial charge in [0.05, 0.1) is 11.9 Å². The number of aromatic nitrogens is 1. The first-order valence-electron chi connectivity index (χ1n) is 5.06. The number of nitrogens with zero attached hydrogens (tertiary/aromatic N) is 1. The molecule has 82 valence electrons. The Hall–Kier alpha value is -2.10. The standard InChI is InChI=1S/C12H12N2O2/c15-12(16)5-7-13-10-3-4-11-9(8-10)2-1-6-14-11/h1-4,6,8,13H,5,7H2,(H,15,16). The number of hydrogen-bond acceptors (Lipinski definition) is 3. The number of carboxylic acids is 1. The van der Waals surface area contributed by atoms with Gasteiger partial charge in [-0.25, -0.2) is 0 Å². The first-order chi connectivity index (χ1) is 7.75. The van der Waals surface area contributed by atoms with Gasteiger partial charge in [-0.2, -0.15) is 0 Å². The molecule has 2 aromatic rings. The number of benzene rings is 1. The third kappa shape index (κ3) is 2.48. The fourth-order valence-electron chi connectivity index (χ4n) is 1.50. The molecule has 0 atom stereocenters. The van der Waals surface area contributed by atoms with E-state index >= 15 is 0 Å². The summed E-state index contributed by atoms with van der Waals surface area (Å²) >= 11 is 0. The van der Waals surface area contributed by atoms with Gasteiger partial charge in [-0.1, -0.05) is 6.07 Å². The fraction of sp³-hybridized carbons (Fsp3) is 0.167. The van der Waals surface area contributed by atoms with E-state index in [2.05, 4.69) is 10.3 Å². The highest BCUT2D eigenvalue weighted by molar-refractivity contribution is 5.82. The van der Waals surface area contributed by atoms with Crippen molar-refractivity contribution in [2.24, 2.45) is 0 Å². The van der Waals surface area contributed by atoms with E-state index in [0.29, 0.717) is 6.54 Å². The van der Waals surface area contributed by atoms with Crippen molar-refractivity contribution in [1.82, 2.24) is 4.98 Å². The second-order valence-electron chi connectivity index (χ2n) is 3.48. The Morgan fingerprint density at radius 2 is 2.25 bits per heavy atom. The highest BCUT2D eigenvalue weighted by Crippen LogP contribution is 2.16. The van der Waals surface area contributed by atoms with Gasteiger partial charge < -0.3 is 10.4 Å². The van der Waals surface area contributed by atoms with Crippen molar-refractivity contribution in [3.8, 4) is 0 Å². The summed E-state index contributed by atoms with van der Waals surface area (Å²) in [6, 6.07) is 9.63. The summed E-state index contributed by atoms with van der Waals surface area (Å²) in [7, 11) is 0. The third-order valence-electron chi connectivity index (χ3n) is 2.27. The number of hydrogen-bond donors (Lipinski definition) is 2. The lowest BCUT2D eigenvalue weighted by Gasteiger charge is -2.05. The first-order valence-corrected chi connectivity index (χ1v) is 5.06. The van der Waals surface area contributed by atoms with E-state index < -0.39 is 5.97 Å². The molecule has 0 saturated heterocycles. The zero-order chi connectivity index (χ0) is 11.4. The van der Waals surface area contributed by atoms with E-state index in [0.717, 1.165) is 16.6 Å². The number of anilines is 1. The Balaban J connectivity index is 2.10. The summed E-state index contributed by atoms with van der Waals surface area (Å²) in [4.78, 5) is 14.6. The lowest BCUT2D eigenvalue weighted by molar-refractivity contribution is -0.136. The van der Waals surface area contributed by atoms with E-state index in [9.17, 15) is 4.79 Å². The molecule has 0 fully saturated rings. The number of pyridine rings is 1. The SMILES string of the molecule is O=C(O)CCNc1ccc2ncccc2c1. The molecule has 1 aromatic heterocycles. The first kappa shape index (κ1) is 10.4. The molecule has 4 nitrogen and oxygen atoms in total. The van der Waals surface area contributed by atoms with Gasteiger partial charge in [0.25, 0.3) is 0 Å². The van der Waals surface area contributed by atoms with Gasteiger partial charge >= 0.3 is 5.97 Å². The van der Waals surface area contributed by atoms with E-state index in [1.807, 2.05) is 30.3 Å². The monoisotopic (exact) mass is 216 g/mol. The zero-order valence-electron chi connectivity index (χ0n) is 8.68. The van der Waals surface area contributed by atoms with E-state index in [4.69, 9.17) is 5.11 Å². The molecule has 16 heavy (non-hydrogen) atoms. The molecule has 2 N–H and O–H groups in total. The van der Waals surface area contributed by atoms with Crippen molar-refractivity contribution in [2.45, 2.75) is 6.42 Å². The fourth-order valence-corrected chi connectivity index (χ4v) is 1.50. The van der Waals surface area contributed by atoms with Crippen LogP contribution in [0.1, 0.15) is 6.42 Å². The van der Waals surface area contributed by atoms with Gasteiger partial charge in [0.2, 0.25) is 0 Å². The predicted octanol–water partition coefficient (Wildman–Crippen LogP) is 2.12. The van der Waals surface area contributed by atoms with Crippen molar-refractivity contribution < 1.29 is 9.90 Å². The molecular formula is C12H12N2O2. The summed E-state index contributed by atoms with van der Waals surface area (Å²) in [6.45, 7) is 0.432. The summed E-state index contributed by atoms with van der Waals surface area (Å²) < 4.78 is 0. The van der Waals surface area contributed by atoms with Crippen LogP contribution in [0.4, 0.5) is 5.69 Å². The van der Waals surface area contributed by atoms with Gasteiger partial charge in [-0.05, 0) is 24.3 Å². The third-order valence-corrected chi connectivity index (χ3v) is 2.27. The topological polar surface area (TPSA) is 62.2 Å². The Morgan fingerprint density at radius 1 is 1.38 bits per heavy atom. The summed E-state index contributed by atoms with van der Waals surface area (Å²) in [5.41, 5.74) is 1.85. The number of fused-ring (bicyclic) bond motifs is 1. The molecule has 1 heterocycles. The normalized spacial score (nSPS) is 10.2. The molecule has 1 aromatic carbocycles. The summed E-state index contributed by atoms with van der Waals surface area (Å²) in [5.74, 6) is -0.796. The molecule has 0 aliphatic rings. The quantitative estimate of drug-likeness (QED) is 0.821. The van der Waals surface area contributed by atoms with Crippen LogP contribution < -0.4 is 5.32 Å². The van der Waals surface area contributed by atoms with Crippen LogP contribution in [0.3, 0.4) is 0 Å². The van der Waals surface area contributed by atoms with E-state index in [1.54, 1.807) is 6.20 Å². The number of nitrogens with one attached hydrogen (secondary N) is 1. The smallest absolute Gasteiger partial charge is 0.305 e. The average Bonchev–Trinajstić information content (AvgIpc) is 2.28. The molecule has 0 amide bonds. The maximum atomic E-state index is 10.4. The second kappa shape index (κ2) is 4.61. The molecule has 4 heteroatoms. The number of carboxylic acid groups (broad SMARTS) is 1. The van der Waals surface area contributed by atoms with E-state index in [1.165, 1.54) is 0 Å². The Labute approximate surface area is 92.9 Å². The van der Waals surface area contributed by atoms with Crippen molar-refractivity contribution in [2.75, 3.05) is 11.9 Å². The Kier molecular flexibility index (Phi) is 3.00. The van der Waals surface area contributed by atoms with Crippen LogP contribution in [0.5, 0.6) is 0 Å². The molecular weight excluding hydrogens is 204 g/mol. The lowest BCUT2D eigenvalue weighted by Crippen LogP contribution is -2.07. The molecule has 0 unspecified atom stereocenters. The van der Waals surface area contributed by atoms with Crippen LogP contribution in [-0.2, 0) is 4.79 Å². The average molecular weight is 216 g/mol. The summed E-state index contributed by atoms with van der Waals surface area (Å²) in [5, 5.41) is 12.6. The van der Waals surface area contributed by atoms with Crippen LogP contribution >= 0.6 is 0 Å². The highest BCUT2D eigenvalue weighted by Gasteiger charge is 1.98. The molecule has 0 aliphatic carbocycles. The second-order valence-corrected chi connectivity index (χ2v) is 3.48. The molecule has 0 bridgehead atoms. The van der Waals surface area contributed by atoms with Crippen LogP contribution in [0.25, 0.3) is 10.9 Å². The van der Waals surface area contributed by atoms with Crippen LogP contribution in [0, 0.1) is 0 Å². The van der Waals surface area contributed by atoms with E-state index in [-0.39, 0.29) is 6.42 Å². The largest absolute Gasteiger partial charge is 0.481 e. The van der Waals surface area contributed by atoms with Gasteiger partial charge in [-0.3, -0.25) is 9.78 Å². The highest BCUT2D eigenvalue weighted by atomic mass is 16.4. The molecule has 0 saturated carbocycles. The maximum Gasteiger partial charge on any atom is 0.305 e. The molecule has 0 spiro atoms. The molecule has 0 radical (unpaired) electrons. The van der Waals surface area contributed by atoms with Gasteiger partial charge in [-0.15, -0.1) is 0 Å². The minimum Gasteiger partial charge on any atom is -0.481 e.